The van der Waals surface area contributed by atoms with E-state index in [2.05, 4.69) is 5.10 Å². The average Bonchev–Trinajstić information content (AvgIpc) is 2.26. The number of nitrogens with zero attached hydrogens (tertiary/aromatic N) is 1. The molecule has 0 bridgehead atoms. The third kappa shape index (κ3) is 3.20. The number of rotatable bonds is 3. The molecule has 0 saturated heterocycles. The monoisotopic (exact) mass is 237 g/mol. The van der Waals surface area contributed by atoms with E-state index in [0.29, 0.717) is 11.3 Å². The number of carboxylic acids is 1. The van der Waals surface area contributed by atoms with Crippen molar-refractivity contribution in [1.29, 1.82) is 0 Å². The van der Waals surface area contributed by atoms with Crippen LogP contribution in [-0.2, 0) is 0 Å². The van der Waals surface area contributed by atoms with E-state index in [1.807, 2.05) is 5.43 Å². The lowest BCUT2D eigenvalue weighted by Gasteiger charge is -2.04. The molecule has 0 saturated carbocycles. The van der Waals surface area contributed by atoms with Crippen LogP contribution in [0.15, 0.2) is 23.3 Å². The zero-order valence-corrected chi connectivity index (χ0v) is 8.97. The van der Waals surface area contributed by atoms with Crippen molar-refractivity contribution >= 4 is 17.7 Å². The second-order valence-corrected chi connectivity index (χ2v) is 3.21. The minimum absolute atomic E-state index is 0.240. The van der Waals surface area contributed by atoms with Crippen molar-refractivity contribution in [2.75, 3.05) is 0 Å². The number of benzene rings is 1. The summed E-state index contributed by atoms with van der Waals surface area (Å²) in [5.74, 6) is -1.59. The summed E-state index contributed by atoms with van der Waals surface area (Å²) in [6, 6.07) is 3.14. The fourth-order valence-electron chi connectivity index (χ4n) is 1.14. The molecule has 7 nitrogen and oxygen atoms in total. The van der Waals surface area contributed by atoms with Gasteiger partial charge in [-0.05, 0) is 30.7 Å². The molecule has 0 radical (unpaired) electrons. The number of carboxylic acid groups (broad SMARTS) is 1. The highest BCUT2D eigenvalue weighted by atomic mass is 16.4. The van der Waals surface area contributed by atoms with Gasteiger partial charge in [0.25, 0.3) is 0 Å². The lowest BCUT2D eigenvalue weighted by Crippen LogP contribution is -2.25. The average molecular weight is 237 g/mol. The quantitative estimate of drug-likeness (QED) is 0.450. The number of phenols is 1. The maximum absolute atomic E-state index is 10.8. The lowest BCUT2D eigenvalue weighted by molar-refractivity contribution is 0.0693. The number of hydrogen-bond acceptors (Lipinski definition) is 4. The molecule has 17 heavy (non-hydrogen) atoms. The standard InChI is InChI=1S/C10H11N3O4/c1-5(12-13-10(11)17)6-2-3-8(14)7(4-6)9(15)16/h2-4,14H,1H3,(H,15,16)(H3,11,13,17). The SMILES string of the molecule is CC(=NNC(N)=O)c1ccc(O)c(C(=O)O)c1. The van der Waals surface area contributed by atoms with Gasteiger partial charge in [0.15, 0.2) is 0 Å². The van der Waals surface area contributed by atoms with Crippen LogP contribution in [0.4, 0.5) is 4.79 Å². The van der Waals surface area contributed by atoms with Gasteiger partial charge >= 0.3 is 12.0 Å². The van der Waals surface area contributed by atoms with Gasteiger partial charge in [-0.3, -0.25) is 0 Å². The Bertz CT molecular complexity index is 496. The first kappa shape index (κ1) is 12.5. The second kappa shape index (κ2) is 4.97. The summed E-state index contributed by atoms with van der Waals surface area (Å²) in [6.45, 7) is 1.56. The highest BCUT2D eigenvalue weighted by Crippen LogP contribution is 2.18. The Morgan fingerprint density at radius 1 is 1.41 bits per heavy atom. The van der Waals surface area contributed by atoms with Crippen LogP contribution in [0, 0.1) is 0 Å². The topological polar surface area (TPSA) is 125 Å². The molecule has 0 heterocycles. The number of hydrazone groups is 1. The highest BCUT2D eigenvalue weighted by Gasteiger charge is 2.11. The van der Waals surface area contributed by atoms with E-state index in [1.165, 1.54) is 18.2 Å². The van der Waals surface area contributed by atoms with Crippen molar-refractivity contribution in [2.45, 2.75) is 6.92 Å². The number of aromatic carboxylic acids is 1. The van der Waals surface area contributed by atoms with Gasteiger partial charge in [0, 0.05) is 0 Å². The Morgan fingerprint density at radius 3 is 2.59 bits per heavy atom. The second-order valence-electron chi connectivity index (χ2n) is 3.21. The number of amides is 2. The van der Waals surface area contributed by atoms with Gasteiger partial charge in [0.05, 0.1) is 5.71 Å². The van der Waals surface area contributed by atoms with Crippen molar-refractivity contribution in [3.63, 3.8) is 0 Å². The number of hydrogen-bond donors (Lipinski definition) is 4. The molecule has 0 aromatic heterocycles. The van der Waals surface area contributed by atoms with Crippen LogP contribution in [0.3, 0.4) is 0 Å². The minimum Gasteiger partial charge on any atom is -0.507 e. The third-order valence-electron chi connectivity index (χ3n) is 1.98. The van der Waals surface area contributed by atoms with Gasteiger partial charge < -0.3 is 15.9 Å². The molecule has 90 valence electrons. The number of urea groups is 1. The molecule has 0 aliphatic heterocycles. The Morgan fingerprint density at radius 2 is 2.06 bits per heavy atom. The van der Waals surface area contributed by atoms with E-state index in [4.69, 9.17) is 10.8 Å². The molecule has 0 unspecified atom stereocenters. The minimum atomic E-state index is -1.25. The number of carbonyl (C=O) groups is 2. The summed E-state index contributed by atoms with van der Waals surface area (Å²) in [6.07, 6.45) is 0. The van der Waals surface area contributed by atoms with Crippen LogP contribution in [-0.4, -0.2) is 27.9 Å². The number of primary amides is 1. The van der Waals surface area contributed by atoms with Crippen LogP contribution in [0.2, 0.25) is 0 Å². The van der Waals surface area contributed by atoms with Gasteiger partial charge in [0.1, 0.15) is 11.3 Å². The molecule has 7 heteroatoms. The van der Waals surface area contributed by atoms with Gasteiger partial charge in [-0.2, -0.15) is 5.10 Å². The van der Waals surface area contributed by atoms with Crippen molar-refractivity contribution in [3.8, 4) is 5.75 Å². The first-order valence-corrected chi connectivity index (χ1v) is 4.58. The number of carbonyl (C=O) groups excluding carboxylic acids is 1. The van der Waals surface area contributed by atoms with Crippen LogP contribution < -0.4 is 11.2 Å². The fourth-order valence-corrected chi connectivity index (χ4v) is 1.14. The van der Waals surface area contributed by atoms with E-state index >= 15 is 0 Å². The van der Waals surface area contributed by atoms with E-state index in [0.717, 1.165) is 0 Å². The predicted molar refractivity (Wildman–Crippen MR) is 60.0 cm³/mol. The summed E-state index contributed by atoms with van der Waals surface area (Å²) < 4.78 is 0. The van der Waals surface area contributed by atoms with E-state index in [9.17, 15) is 14.7 Å². The van der Waals surface area contributed by atoms with E-state index in [-0.39, 0.29) is 11.3 Å². The summed E-state index contributed by atoms with van der Waals surface area (Å²) >= 11 is 0. The van der Waals surface area contributed by atoms with Crippen LogP contribution in [0.5, 0.6) is 5.75 Å². The molecule has 0 fully saturated rings. The Labute approximate surface area is 96.6 Å². The third-order valence-corrected chi connectivity index (χ3v) is 1.98. The van der Waals surface area contributed by atoms with Gasteiger partial charge in [-0.15, -0.1) is 0 Å². The first-order chi connectivity index (χ1) is 7.91. The van der Waals surface area contributed by atoms with E-state index in [1.54, 1.807) is 6.92 Å². The summed E-state index contributed by atoms with van der Waals surface area (Å²) in [7, 11) is 0. The molecular formula is C10H11N3O4. The molecule has 1 aromatic rings. The lowest BCUT2D eigenvalue weighted by atomic mass is 10.1. The maximum atomic E-state index is 10.8. The highest BCUT2D eigenvalue weighted by molar-refractivity contribution is 6.02. The summed E-state index contributed by atoms with van der Waals surface area (Å²) in [5, 5.41) is 21.7. The van der Waals surface area contributed by atoms with Gasteiger partial charge in [0.2, 0.25) is 0 Å². The molecule has 2 amide bonds. The van der Waals surface area contributed by atoms with Gasteiger partial charge in [-0.25, -0.2) is 15.0 Å². The van der Waals surface area contributed by atoms with Crippen LogP contribution in [0.1, 0.15) is 22.8 Å². The van der Waals surface area contributed by atoms with Crippen molar-refractivity contribution in [1.82, 2.24) is 5.43 Å². The van der Waals surface area contributed by atoms with Crippen molar-refractivity contribution in [2.24, 2.45) is 10.8 Å². The van der Waals surface area contributed by atoms with Crippen LogP contribution >= 0.6 is 0 Å². The Hall–Kier alpha value is -2.57. The zero-order valence-electron chi connectivity index (χ0n) is 8.97. The molecule has 0 aliphatic carbocycles. The molecule has 1 aromatic carbocycles. The number of nitrogens with one attached hydrogen (secondary N) is 1. The molecule has 0 spiro atoms. The summed E-state index contributed by atoms with van der Waals surface area (Å²) in [4.78, 5) is 21.2. The largest absolute Gasteiger partial charge is 0.507 e. The molecular weight excluding hydrogens is 226 g/mol. The summed E-state index contributed by atoms with van der Waals surface area (Å²) in [5.41, 5.74) is 7.43. The first-order valence-electron chi connectivity index (χ1n) is 4.58. The number of aromatic hydroxyl groups is 1. The molecule has 0 aliphatic rings. The van der Waals surface area contributed by atoms with Crippen molar-refractivity contribution in [3.05, 3.63) is 29.3 Å². The zero-order chi connectivity index (χ0) is 13.0. The molecule has 0 atom stereocenters. The Kier molecular flexibility index (Phi) is 3.66. The normalized spacial score (nSPS) is 11.0. The Balaban J connectivity index is 3.07. The number of nitrogens with two attached hydrogens (primary N) is 1. The predicted octanol–water partition coefficient (Wildman–Crippen LogP) is 0.483. The van der Waals surface area contributed by atoms with Crippen LogP contribution in [0.25, 0.3) is 0 Å². The fraction of sp³-hybridized carbons (Fsp3) is 0.100. The van der Waals surface area contributed by atoms with Gasteiger partial charge in [-0.1, -0.05) is 0 Å². The maximum Gasteiger partial charge on any atom is 0.339 e. The molecule has 5 N–H and O–H groups in total. The molecule has 1 rings (SSSR count). The van der Waals surface area contributed by atoms with Crippen molar-refractivity contribution < 1.29 is 19.8 Å². The smallest absolute Gasteiger partial charge is 0.339 e. The van der Waals surface area contributed by atoms with E-state index < -0.39 is 12.0 Å².